The Kier molecular flexibility index (Phi) is 4.94. The van der Waals surface area contributed by atoms with Crippen molar-refractivity contribution in [3.05, 3.63) is 0 Å². The highest BCUT2D eigenvalue weighted by molar-refractivity contribution is 5.04. The van der Waals surface area contributed by atoms with E-state index in [-0.39, 0.29) is 0 Å². The van der Waals surface area contributed by atoms with Crippen molar-refractivity contribution in [2.24, 2.45) is 17.3 Å². The van der Waals surface area contributed by atoms with Crippen LogP contribution in [-0.4, -0.2) is 24.8 Å². The van der Waals surface area contributed by atoms with Crippen LogP contribution in [0.25, 0.3) is 0 Å². The van der Waals surface area contributed by atoms with Crippen LogP contribution < -0.4 is 5.32 Å². The minimum atomic E-state index is 0.293. The fourth-order valence-corrected chi connectivity index (χ4v) is 3.67. The Morgan fingerprint density at radius 3 is 2.32 bits per heavy atom. The van der Waals surface area contributed by atoms with Crippen LogP contribution in [0, 0.1) is 17.3 Å². The van der Waals surface area contributed by atoms with Crippen LogP contribution in [0.4, 0.5) is 0 Å². The maximum atomic E-state index is 6.05. The number of ether oxygens (including phenoxy) is 1. The Labute approximate surface area is 119 Å². The van der Waals surface area contributed by atoms with Crippen molar-refractivity contribution in [1.29, 1.82) is 0 Å². The number of hydrogen-bond acceptors (Lipinski definition) is 2. The molecule has 0 aliphatic heterocycles. The van der Waals surface area contributed by atoms with Gasteiger partial charge in [0.2, 0.25) is 0 Å². The first-order valence-corrected chi connectivity index (χ1v) is 8.29. The Balaban J connectivity index is 1.76. The standard InChI is InChI=1S/C17H33NO/c1-12(2)11-19-16-10-15(17(16,4)5)18-13(3)14-8-6-7-9-14/h12-16,18H,6-11H2,1-5H3/t13-,15?,16?/m0/s1. The molecular weight excluding hydrogens is 234 g/mol. The molecule has 2 saturated carbocycles. The molecule has 2 unspecified atom stereocenters. The Bertz CT molecular complexity index is 281. The third kappa shape index (κ3) is 3.52. The van der Waals surface area contributed by atoms with Crippen LogP contribution in [0.3, 0.4) is 0 Å². The summed E-state index contributed by atoms with van der Waals surface area (Å²) in [5.41, 5.74) is 0.293. The topological polar surface area (TPSA) is 21.3 Å². The summed E-state index contributed by atoms with van der Waals surface area (Å²) in [6.45, 7) is 12.5. The Hall–Kier alpha value is -0.0800. The maximum Gasteiger partial charge on any atom is 0.0656 e. The first-order chi connectivity index (χ1) is 8.91. The number of hydrogen-bond donors (Lipinski definition) is 1. The van der Waals surface area contributed by atoms with Gasteiger partial charge in [-0.2, -0.15) is 0 Å². The smallest absolute Gasteiger partial charge is 0.0656 e. The summed E-state index contributed by atoms with van der Waals surface area (Å²) in [6.07, 6.45) is 7.36. The predicted molar refractivity (Wildman–Crippen MR) is 81.3 cm³/mol. The second-order valence-corrected chi connectivity index (χ2v) is 7.83. The summed E-state index contributed by atoms with van der Waals surface area (Å²) in [5, 5.41) is 3.89. The average molecular weight is 267 g/mol. The van der Waals surface area contributed by atoms with Crippen LogP contribution in [0.1, 0.15) is 66.7 Å². The fourth-order valence-electron chi connectivity index (χ4n) is 3.67. The number of rotatable bonds is 6. The van der Waals surface area contributed by atoms with Crippen LogP contribution in [0.2, 0.25) is 0 Å². The molecule has 112 valence electrons. The van der Waals surface area contributed by atoms with Gasteiger partial charge in [0, 0.05) is 24.1 Å². The number of nitrogens with one attached hydrogen (secondary N) is 1. The summed E-state index contributed by atoms with van der Waals surface area (Å²) >= 11 is 0. The van der Waals surface area contributed by atoms with Crippen molar-refractivity contribution >= 4 is 0 Å². The maximum absolute atomic E-state index is 6.05. The lowest BCUT2D eigenvalue weighted by Gasteiger charge is -2.53. The van der Waals surface area contributed by atoms with Crippen molar-refractivity contribution in [3.8, 4) is 0 Å². The average Bonchev–Trinajstić information content (AvgIpc) is 2.85. The van der Waals surface area contributed by atoms with E-state index < -0.39 is 0 Å². The molecule has 0 aromatic rings. The van der Waals surface area contributed by atoms with Gasteiger partial charge in [-0.05, 0) is 38.0 Å². The van der Waals surface area contributed by atoms with Gasteiger partial charge in [0.25, 0.3) is 0 Å². The highest BCUT2D eigenvalue weighted by Crippen LogP contribution is 2.43. The van der Waals surface area contributed by atoms with Gasteiger partial charge in [-0.1, -0.05) is 40.5 Å². The van der Waals surface area contributed by atoms with Crippen molar-refractivity contribution in [2.75, 3.05) is 6.61 Å². The first kappa shape index (κ1) is 15.3. The van der Waals surface area contributed by atoms with E-state index in [0.29, 0.717) is 29.5 Å². The van der Waals surface area contributed by atoms with E-state index in [4.69, 9.17) is 4.74 Å². The molecule has 0 amide bonds. The summed E-state index contributed by atoms with van der Waals surface area (Å²) in [6, 6.07) is 1.32. The molecule has 3 atom stereocenters. The molecule has 0 bridgehead atoms. The van der Waals surface area contributed by atoms with Crippen molar-refractivity contribution in [3.63, 3.8) is 0 Å². The normalized spacial score (nSPS) is 32.5. The van der Waals surface area contributed by atoms with Crippen molar-refractivity contribution < 1.29 is 4.74 Å². The summed E-state index contributed by atoms with van der Waals surface area (Å²) in [7, 11) is 0. The van der Waals surface area contributed by atoms with E-state index in [1.54, 1.807) is 0 Å². The molecule has 0 spiro atoms. The van der Waals surface area contributed by atoms with E-state index in [0.717, 1.165) is 12.5 Å². The zero-order valence-electron chi connectivity index (χ0n) is 13.5. The second kappa shape index (κ2) is 6.13. The van der Waals surface area contributed by atoms with Crippen molar-refractivity contribution in [2.45, 2.75) is 84.9 Å². The molecule has 0 aromatic carbocycles. The largest absolute Gasteiger partial charge is 0.377 e. The van der Waals surface area contributed by atoms with Gasteiger partial charge < -0.3 is 10.1 Å². The summed E-state index contributed by atoms with van der Waals surface area (Å²) in [4.78, 5) is 0. The van der Waals surface area contributed by atoms with Gasteiger partial charge in [0.15, 0.2) is 0 Å². The zero-order valence-corrected chi connectivity index (χ0v) is 13.5. The molecular formula is C17H33NO. The molecule has 2 fully saturated rings. The predicted octanol–water partition coefficient (Wildman–Crippen LogP) is 3.99. The summed E-state index contributed by atoms with van der Waals surface area (Å²) < 4.78 is 6.05. The molecule has 2 aliphatic carbocycles. The third-order valence-corrected chi connectivity index (χ3v) is 5.38. The van der Waals surface area contributed by atoms with Crippen LogP contribution in [0.15, 0.2) is 0 Å². The van der Waals surface area contributed by atoms with Crippen LogP contribution in [0.5, 0.6) is 0 Å². The summed E-state index contributed by atoms with van der Waals surface area (Å²) in [5.74, 6) is 1.55. The van der Waals surface area contributed by atoms with Gasteiger partial charge in [-0.3, -0.25) is 0 Å². The van der Waals surface area contributed by atoms with E-state index in [2.05, 4.69) is 39.9 Å². The second-order valence-electron chi connectivity index (χ2n) is 7.83. The van der Waals surface area contributed by atoms with E-state index >= 15 is 0 Å². The molecule has 19 heavy (non-hydrogen) atoms. The van der Waals surface area contributed by atoms with Gasteiger partial charge in [-0.25, -0.2) is 0 Å². The Morgan fingerprint density at radius 2 is 1.79 bits per heavy atom. The van der Waals surface area contributed by atoms with Gasteiger partial charge >= 0.3 is 0 Å². The minimum absolute atomic E-state index is 0.293. The molecule has 2 aliphatic rings. The zero-order chi connectivity index (χ0) is 14.0. The molecule has 0 radical (unpaired) electrons. The first-order valence-electron chi connectivity index (χ1n) is 8.29. The highest BCUT2D eigenvalue weighted by atomic mass is 16.5. The van der Waals surface area contributed by atoms with Crippen LogP contribution >= 0.6 is 0 Å². The third-order valence-electron chi connectivity index (χ3n) is 5.38. The van der Waals surface area contributed by atoms with Crippen molar-refractivity contribution in [1.82, 2.24) is 5.32 Å². The lowest BCUT2D eigenvalue weighted by Crippen LogP contribution is -2.63. The molecule has 2 nitrogen and oxygen atoms in total. The lowest BCUT2D eigenvalue weighted by atomic mass is 9.64. The van der Waals surface area contributed by atoms with Gasteiger partial charge in [0.05, 0.1) is 6.10 Å². The van der Waals surface area contributed by atoms with E-state index in [1.165, 1.54) is 32.1 Å². The minimum Gasteiger partial charge on any atom is -0.377 e. The van der Waals surface area contributed by atoms with E-state index in [1.807, 2.05) is 0 Å². The molecule has 0 heterocycles. The molecule has 0 aromatic heterocycles. The Morgan fingerprint density at radius 1 is 1.16 bits per heavy atom. The van der Waals surface area contributed by atoms with Gasteiger partial charge in [-0.15, -0.1) is 0 Å². The highest BCUT2D eigenvalue weighted by Gasteiger charge is 2.49. The fraction of sp³-hybridized carbons (Fsp3) is 1.00. The van der Waals surface area contributed by atoms with E-state index in [9.17, 15) is 0 Å². The monoisotopic (exact) mass is 267 g/mol. The molecule has 2 heteroatoms. The van der Waals surface area contributed by atoms with Gasteiger partial charge in [0.1, 0.15) is 0 Å². The lowest BCUT2D eigenvalue weighted by molar-refractivity contribution is -0.126. The molecule has 0 saturated heterocycles. The quantitative estimate of drug-likeness (QED) is 0.785. The molecule has 2 rings (SSSR count). The molecule has 1 N–H and O–H groups in total. The van der Waals surface area contributed by atoms with Crippen LogP contribution in [-0.2, 0) is 4.74 Å². The SMILES string of the molecule is CC(C)COC1CC(N[C@@H](C)C2CCCC2)C1(C)C.